The monoisotopic (exact) mass is 456 g/mol. The number of amides is 2. The predicted octanol–water partition coefficient (Wildman–Crippen LogP) is 5.18. The first-order valence-electron chi connectivity index (χ1n) is 9.55. The molecule has 2 amide bonds. The molecule has 2 heterocycles. The van der Waals surface area contributed by atoms with Crippen molar-refractivity contribution in [3.05, 3.63) is 94.2 Å². The average molecular weight is 457 g/mol. The Morgan fingerprint density at radius 1 is 0.806 bits per heavy atom. The summed E-state index contributed by atoms with van der Waals surface area (Å²) < 4.78 is 13.6. The van der Waals surface area contributed by atoms with Crippen molar-refractivity contribution in [1.29, 1.82) is 0 Å². The summed E-state index contributed by atoms with van der Waals surface area (Å²) in [7, 11) is 0. The van der Waals surface area contributed by atoms with Crippen LogP contribution in [0.5, 0.6) is 0 Å². The van der Waals surface area contributed by atoms with Crippen LogP contribution in [0.3, 0.4) is 0 Å². The zero-order valence-electron chi connectivity index (χ0n) is 15.9. The van der Waals surface area contributed by atoms with Gasteiger partial charge in [0.15, 0.2) is 6.10 Å². The van der Waals surface area contributed by atoms with Crippen LogP contribution in [0.15, 0.2) is 72.8 Å². The highest BCUT2D eigenvalue weighted by Crippen LogP contribution is 2.47. The maximum absolute atomic E-state index is 13.6. The highest BCUT2D eigenvalue weighted by molar-refractivity contribution is 6.42. The number of fused-ring (bicyclic) bond motifs is 1. The van der Waals surface area contributed by atoms with Crippen LogP contribution in [-0.4, -0.2) is 17.9 Å². The molecule has 0 saturated carbocycles. The quantitative estimate of drug-likeness (QED) is 0.509. The van der Waals surface area contributed by atoms with Gasteiger partial charge in [-0.15, -0.1) is 0 Å². The summed E-state index contributed by atoms with van der Waals surface area (Å²) in [4.78, 5) is 33.8. The van der Waals surface area contributed by atoms with Gasteiger partial charge in [0, 0.05) is 0 Å². The number of hydrogen-bond donors (Lipinski definition) is 0. The van der Waals surface area contributed by atoms with Crippen molar-refractivity contribution in [3.8, 4) is 0 Å². The first-order valence-corrected chi connectivity index (χ1v) is 10.3. The predicted molar refractivity (Wildman–Crippen MR) is 115 cm³/mol. The van der Waals surface area contributed by atoms with Gasteiger partial charge in [0.05, 0.1) is 27.5 Å². The summed E-state index contributed by atoms with van der Waals surface area (Å²) in [6, 6.07) is 19.0. The third kappa shape index (κ3) is 3.28. The Morgan fingerprint density at radius 3 is 2.19 bits per heavy atom. The van der Waals surface area contributed by atoms with E-state index in [1.807, 2.05) is 30.3 Å². The summed E-state index contributed by atoms with van der Waals surface area (Å²) in [6.07, 6.45) is -1.02. The number of carbonyl (C=O) groups is 2. The molecule has 2 aliphatic rings. The molecule has 3 aromatic rings. The van der Waals surface area contributed by atoms with Crippen molar-refractivity contribution < 1.29 is 18.8 Å². The number of rotatable bonds is 3. The van der Waals surface area contributed by atoms with Crippen LogP contribution >= 0.6 is 23.2 Å². The van der Waals surface area contributed by atoms with Crippen LogP contribution in [0, 0.1) is 11.7 Å². The highest BCUT2D eigenvalue weighted by Gasteiger charge is 2.60. The van der Waals surface area contributed by atoms with Gasteiger partial charge < -0.3 is 0 Å². The first-order chi connectivity index (χ1) is 15.0. The van der Waals surface area contributed by atoms with E-state index in [1.165, 1.54) is 24.3 Å². The molecule has 3 aromatic carbocycles. The third-order valence-corrected chi connectivity index (χ3v) is 6.24. The van der Waals surface area contributed by atoms with Gasteiger partial charge in [-0.05, 0) is 48.0 Å². The highest BCUT2D eigenvalue weighted by atomic mass is 35.5. The van der Waals surface area contributed by atoms with Crippen molar-refractivity contribution in [2.45, 2.75) is 12.1 Å². The maximum Gasteiger partial charge on any atom is 0.266 e. The van der Waals surface area contributed by atoms with Gasteiger partial charge in [0.1, 0.15) is 11.7 Å². The molecular weight excluding hydrogens is 442 g/mol. The first kappa shape index (κ1) is 20.0. The second-order valence-corrected chi connectivity index (χ2v) is 8.13. The lowest BCUT2D eigenvalue weighted by Crippen LogP contribution is -2.37. The Labute approximate surface area is 187 Å². The molecule has 0 unspecified atom stereocenters. The number of hydroxylamine groups is 1. The Balaban J connectivity index is 1.58. The van der Waals surface area contributed by atoms with E-state index in [9.17, 15) is 14.0 Å². The van der Waals surface area contributed by atoms with Gasteiger partial charge in [-0.2, -0.15) is 0 Å². The van der Waals surface area contributed by atoms with Crippen LogP contribution in [0.1, 0.15) is 11.6 Å². The molecule has 2 saturated heterocycles. The fourth-order valence-electron chi connectivity index (χ4n) is 4.09. The van der Waals surface area contributed by atoms with Crippen LogP contribution in [0.25, 0.3) is 0 Å². The number of nitrogens with zero attached hydrogens (tertiary/aromatic N) is 2. The zero-order valence-corrected chi connectivity index (χ0v) is 17.4. The Bertz CT molecular complexity index is 1170. The molecule has 2 fully saturated rings. The lowest BCUT2D eigenvalue weighted by atomic mass is 9.90. The SMILES string of the molecule is O=C1[C@@H]2[C@@H](c3ccc(F)cc3)N(c3ccccc3)O[C@H]2C(=O)N1c1ccc(Cl)c(Cl)c1. The van der Waals surface area contributed by atoms with E-state index in [4.69, 9.17) is 28.0 Å². The van der Waals surface area contributed by atoms with Gasteiger partial charge in [0.2, 0.25) is 5.91 Å². The Kier molecular flexibility index (Phi) is 4.93. The van der Waals surface area contributed by atoms with E-state index in [0.717, 1.165) is 4.90 Å². The molecule has 0 bridgehead atoms. The largest absolute Gasteiger partial charge is 0.273 e. The standard InChI is InChI=1S/C23H15Cl2FN2O3/c24-17-11-10-16(12-18(17)25)27-22(29)19-20(13-6-8-14(26)9-7-13)28(31-21(19)23(27)30)15-4-2-1-3-5-15/h1-12,19-21H/t19-,20-,21-/m1/s1. The fourth-order valence-corrected chi connectivity index (χ4v) is 4.38. The van der Waals surface area contributed by atoms with Gasteiger partial charge in [-0.25, -0.2) is 14.4 Å². The maximum atomic E-state index is 13.6. The zero-order chi connectivity index (χ0) is 21.7. The molecule has 0 aliphatic carbocycles. The van der Waals surface area contributed by atoms with Gasteiger partial charge >= 0.3 is 0 Å². The van der Waals surface area contributed by atoms with E-state index >= 15 is 0 Å². The average Bonchev–Trinajstić information content (AvgIpc) is 3.28. The van der Waals surface area contributed by atoms with Crippen molar-refractivity contribution in [3.63, 3.8) is 0 Å². The second-order valence-electron chi connectivity index (χ2n) is 7.32. The summed E-state index contributed by atoms with van der Waals surface area (Å²) in [5.74, 6) is -2.11. The Morgan fingerprint density at radius 2 is 1.52 bits per heavy atom. The molecule has 0 spiro atoms. The molecule has 3 atom stereocenters. The van der Waals surface area contributed by atoms with Crippen LogP contribution in [-0.2, 0) is 14.4 Å². The Hall–Kier alpha value is -2.93. The molecular formula is C23H15Cl2FN2O3. The normalized spacial score (nSPS) is 22.9. The van der Waals surface area contributed by atoms with Crippen molar-refractivity contribution >= 4 is 46.4 Å². The van der Waals surface area contributed by atoms with Crippen molar-refractivity contribution in [1.82, 2.24) is 0 Å². The van der Waals surface area contributed by atoms with Crippen LogP contribution in [0.2, 0.25) is 10.0 Å². The number of para-hydroxylation sites is 1. The minimum Gasteiger partial charge on any atom is -0.273 e. The molecule has 5 nitrogen and oxygen atoms in total. The lowest BCUT2D eigenvalue weighted by molar-refractivity contribution is -0.126. The van der Waals surface area contributed by atoms with Gasteiger partial charge in [-0.3, -0.25) is 14.4 Å². The number of carbonyl (C=O) groups excluding carboxylic acids is 2. The number of benzene rings is 3. The van der Waals surface area contributed by atoms with E-state index in [1.54, 1.807) is 23.3 Å². The minimum atomic E-state index is -1.02. The van der Waals surface area contributed by atoms with E-state index < -0.39 is 35.7 Å². The summed E-state index contributed by atoms with van der Waals surface area (Å²) >= 11 is 12.1. The molecule has 0 radical (unpaired) electrons. The topological polar surface area (TPSA) is 49.9 Å². The summed E-state index contributed by atoms with van der Waals surface area (Å²) in [6.45, 7) is 0. The molecule has 8 heteroatoms. The van der Waals surface area contributed by atoms with Crippen LogP contribution < -0.4 is 9.96 Å². The van der Waals surface area contributed by atoms with Crippen molar-refractivity contribution in [2.75, 3.05) is 9.96 Å². The lowest BCUT2D eigenvalue weighted by Gasteiger charge is -2.28. The summed E-state index contributed by atoms with van der Waals surface area (Å²) in [5.41, 5.74) is 1.68. The number of anilines is 2. The van der Waals surface area contributed by atoms with Crippen LogP contribution in [0.4, 0.5) is 15.8 Å². The van der Waals surface area contributed by atoms with Crippen molar-refractivity contribution in [2.24, 2.45) is 5.92 Å². The molecule has 31 heavy (non-hydrogen) atoms. The molecule has 0 aromatic heterocycles. The number of halogens is 3. The van der Waals surface area contributed by atoms with E-state index in [-0.39, 0.29) is 5.02 Å². The van der Waals surface area contributed by atoms with Gasteiger partial charge in [0.25, 0.3) is 5.91 Å². The molecule has 5 rings (SSSR count). The third-order valence-electron chi connectivity index (χ3n) is 5.50. The van der Waals surface area contributed by atoms with E-state index in [2.05, 4.69) is 0 Å². The smallest absolute Gasteiger partial charge is 0.266 e. The molecule has 2 aliphatic heterocycles. The molecule has 156 valence electrons. The number of hydrogen-bond acceptors (Lipinski definition) is 4. The fraction of sp³-hybridized carbons (Fsp3) is 0.130. The molecule has 0 N–H and O–H groups in total. The van der Waals surface area contributed by atoms with E-state index in [0.29, 0.717) is 22.0 Å². The number of imide groups is 1. The minimum absolute atomic E-state index is 0.235. The summed E-state index contributed by atoms with van der Waals surface area (Å²) in [5, 5.41) is 2.11. The second kappa shape index (κ2) is 7.64. The van der Waals surface area contributed by atoms with Gasteiger partial charge in [-0.1, -0.05) is 53.5 Å².